The lowest BCUT2D eigenvalue weighted by atomic mass is 10.1. The lowest BCUT2D eigenvalue weighted by molar-refractivity contribution is -0.123. The maximum absolute atomic E-state index is 12.2. The summed E-state index contributed by atoms with van der Waals surface area (Å²) in [7, 11) is 1.61. The Kier molecular flexibility index (Phi) is 7.30. The van der Waals surface area contributed by atoms with E-state index in [1.54, 1.807) is 25.3 Å². The fourth-order valence-electron chi connectivity index (χ4n) is 2.42. The monoisotopic (exact) mass is 394 g/mol. The molecule has 0 aliphatic rings. The standard InChI is InChI=1S/C19H20Cl2N2O3/c1-13(24)23(17-10-15(20)9-16(21)11-17)12-19(25)22-8-7-14-3-5-18(26-2)6-4-14/h3-6,9-11H,7-8,12H2,1-2H3,(H,22,25). The molecular formula is C19H20Cl2N2O3. The minimum Gasteiger partial charge on any atom is -0.497 e. The smallest absolute Gasteiger partial charge is 0.240 e. The molecule has 0 unspecified atom stereocenters. The van der Waals surface area contributed by atoms with Gasteiger partial charge in [0.05, 0.1) is 7.11 Å². The van der Waals surface area contributed by atoms with Gasteiger partial charge < -0.3 is 15.0 Å². The third-order valence-electron chi connectivity index (χ3n) is 3.74. The maximum atomic E-state index is 12.2. The minimum absolute atomic E-state index is 0.103. The highest BCUT2D eigenvalue weighted by Gasteiger charge is 2.16. The van der Waals surface area contributed by atoms with Gasteiger partial charge in [0, 0.05) is 29.2 Å². The second kappa shape index (κ2) is 9.46. The van der Waals surface area contributed by atoms with Gasteiger partial charge in [0.1, 0.15) is 12.3 Å². The third kappa shape index (κ3) is 5.93. The number of amides is 2. The zero-order chi connectivity index (χ0) is 19.1. The molecule has 0 saturated carbocycles. The van der Waals surface area contributed by atoms with Crippen molar-refractivity contribution < 1.29 is 14.3 Å². The van der Waals surface area contributed by atoms with E-state index in [0.29, 0.717) is 28.7 Å². The number of ether oxygens (including phenoxy) is 1. The number of halogens is 2. The number of carbonyl (C=O) groups is 2. The number of rotatable bonds is 7. The number of carbonyl (C=O) groups excluding carboxylic acids is 2. The molecule has 0 aliphatic carbocycles. The highest BCUT2D eigenvalue weighted by atomic mass is 35.5. The van der Waals surface area contributed by atoms with Crippen molar-refractivity contribution in [3.8, 4) is 5.75 Å². The molecule has 0 atom stereocenters. The third-order valence-corrected chi connectivity index (χ3v) is 4.17. The molecular weight excluding hydrogens is 375 g/mol. The molecule has 2 rings (SSSR count). The molecule has 5 nitrogen and oxygen atoms in total. The molecule has 0 bridgehead atoms. The van der Waals surface area contributed by atoms with Gasteiger partial charge in [-0.3, -0.25) is 9.59 Å². The van der Waals surface area contributed by atoms with Crippen LogP contribution in [-0.4, -0.2) is 32.0 Å². The lowest BCUT2D eigenvalue weighted by Crippen LogP contribution is -2.40. The largest absolute Gasteiger partial charge is 0.497 e. The van der Waals surface area contributed by atoms with Crippen molar-refractivity contribution in [2.75, 3.05) is 25.1 Å². The summed E-state index contributed by atoms with van der Waals surface area (Å²) in [5.41, 5.74) is 1.57. The zero-order valence-corrected chi connectivity index (χ0v) is 16.1. The fourth-order valence-corrected chi connectivity index (χ4v) is 2.93. The number of benzene rings is 2. The van der Waals surface area contributed by atoms with Crippen LogP contribution in [0.5, 0.6) is 5.75 Å². The summed E-state index contributed by atoms with van der Waals surface area (Å²) in [5, 5.41) is 3.62. The Bertz CT molecular complexity index is 759. The van der Waals surface area contributed by atoms with Crippen LogP contribution in [0.25, 0.3) is 0 Å². The van der Waals surface area contributed by atoms with E-state index in [0.717, 1.165) is 11.3 Å². The van der Waals surface area contributed by atoms with E-state index in [2.05, 4.69) is 5.32 Å². The van der Waals surface area contributed by atoms with Gasteiger partial charge in [0.15, 0.2) is 0 Å². The van der Waals surface area contributed by atoms with E-state index in [1.807, 2.05) is 24.3 Å². The second-order valence-corrected chi connectivity index (χ2v) is 6.55. The predicted octanol–water partition coefficient (Wildman–Crippen LogP) is 3.71. The quantitative estimate of drug-likeness (QED) is 0.778. The van der Waals surface area contributed by atoms with Crippen LogP contribution in [0.2, 0.25) is 10.0 Å². The van der Waals surface area contributed by atoms with Crippen molar-refractivity contribution in [1.82, 2.24) is 5.32 Å². The van der Waals surface area contributed by atoms with Gasteiger partial charge in [-0.1, -0.05) is 35.3 Å². The number of nitrogens with zero attached hydrogens (tertiary/aromatic N) is 1. The number of nitrogens with one attached hydrogen (secondary N) is 1. The highest BCUT2D eigenvalue weighted by molar-refractivity contribution is 6.35. The Labute approximate surface area is 162 Å². The summed E-state index contributed by atoms with van der Waals surface area (Å²) >= 11 is 12.0. The van der Waals surface area contributed by atoms with Crippen molar-refractivity contribution in [1.29, 1.82) is 0 Å². The van der Waals surface area contributed by atoms with Crippen LogP contribution in [0.4, 0.5) is 5.69 Å². The van der Waals surface area contributed by atoms with Gasteiger partial charge in [-0.15, -0.1) is 0 Å². The van der Waals surface area contributed by atoms with Crippen LogP contribution in [0, 0.1) is 0 Å². The molecule has 0 fully saturated rings. The maximum Gasteiger partial charge on any atom is 0.240 e. The Balaban J connectivity index is 1.92. The van der Waals surface area contributed by atoms with Crippen LogP contribution in [0.15, 0.2) is 42.5 Å². The minimum atomic E-state index is -0.270. The SMILES string of the molecule is COc1ccc(CCNC(=O)CN(C(C)=O)c2cc(Cl)cc(Cl)c2)cc1. The van der Waals surface area contributed by atoms with E-state index in [1.165, 1.54) is 11.8 Å². The number of hydrogen-bond acceptors (Lipinski definition) is 3. The molecule has 0 heterocycles. The van der Waals surface area contributed by atoms with Crippen LogP contribution in [-0.2, 0) is 16.0 Å². The molecule has 2 amide bonds. The van der Waals surface area contributed by atoms with E-state index >= 15 is 0 Å². The van der Waals surface area contributed by atoms with Gasteiger partial charge in [0.25, 0.3) is 0 Å². The lowest BCUT2D eigenvalue weighted by Gasteiger charge is -2.21. The van der Waals surface area contributed by atoms with Gasteiger partial charge in [-0.2, -0.15) is 0 Å². The van der Waals surface area contributed by atoms with Crippen LogP contribution in [0.1, 0.15) is 12.5 Å². The molecule has 7 heteroatoms. The summed E-state index contributed by atoms with van der Waals surface area (Å²) in [6.45, 7) is 1.75. The molecule has 138 valence electrons. The van der Waals surface area contributed by atoms with E-state index in [9.17, 15) is 9.59 Å². The molecule has 26 heavy (non-hydrogen) atoms. The number of hydrogen-bond donors (Lipinski definition) is 1. The molecule has 0 aliphatic heterocycles. The Morgan fingerprint density at radius 3 is 2.23 bits per heavy atom. The normalized spacial score (nSPS) is 10.3. The average molecular weight is 395 g/mol. The van der Waals surface area contributed by atoms with Crippen molar-refractivity contribution in [2.45, 2.75) is 13.3 Å². The predicted molar refractivity (Wildman–Crippen MR) is 104 cm³/mol. The van der Waals surface area contributed by atoms with Crippen molar-refractivity contribution in [2.24, 2.45) is 0 Å². The van der Waals surface area contributed by atoms with Gasteiger partial charge in [0.2, 0.25) is 11.8 Å². The Morgan fingerprint density at radius 2 is 1.69 bits per heavy atom. The van der Waals surface area contributed by atoms with Crippen molar-refractivity contribution in [3.63, 3.8) is 0 Å². The first-order chi connectivity index (χ1) is 12.4. The number of methoxy groups -OCH3 is 1. The van der Waals surface area contributed by atoms with Gasteiger partial charge >= 0.3 is 0 Å². The summed E-state index contributed by atoms with van der Waals surface area (Å²) in [6, 6.07) is 12.4. The molecule has 2 aromatic carbocycles. The van der Waals surface area contributed by atoms with Crippen molar-refractivity contribution in [3.05, 3.63) is 58.1 Å². The summed E-state index contributed by atoms with van der Waals surface area (Å²) in [4.78, 5) is 25.4. The first-order valence-electron chi connectivity index (χ1n) is 8.03. The average Bonchev–Trinajstić information content (AvgIpc) is 2.59. The molecule has 0 radical (unpaired) electrons. The summed E-state index contributed by atoms with van der Waals surface area (Å²) < 4.78 is 5.11. The van der Waals surface area contributed by atoms with Crippen LogP contribution >= 0.6 is 23.2 Å². The first-order valence-corrected chi connectivity index (χ1v) is 8.78. The van der Waals surface area contributed by atoms with Gasteiger partial charge in [-0.25, -0.2) is 0 Å². The second-order valence-electron chi connectivity index (χ2n) is 5.68. The highest BCUT2D eigenvalue weighted by Crippen LogP contribution is 2.25. The van der Waals surface area contributed by atoms with Crippen LogP contribution < -0.4 is 15.0 Å². The molecule has 1 N–H and O–H groups in total. The number of anilines is 1. The van der Waals surface area contributed by atoms with Crippen molar-refractivity contribution >= 4 is 40.7 Å². The van der Waals surface area contributed by atoms with E-state index < -0.39 is 0 Å². The Hall–Kier alpha value is -2.24. The molecule has 2 aromatic rings. The molecule has 0 saturated heterocycles. The fraction of sp³-hybridized carbons (Fsp3) is 0.263. The summed E-state index contributed by atoms with van der Waals surface area (Å²) in [5.74, 6) is 0.258. The molecule has 0 spiro atoms. The van der Waals surface area contributed by atoms with Gasteiger partial charge in [-0.05, 0) is 42.3 Å². The summed E-state index contributed by atoms with van der Waals surface area (Å²) in [6.07, 6.45) is 0.679. The first kappa shape index (κ1) is 20.1. The topological polar surface area (TPSA) is 58.6 Å². The molecule has 0 aromatic heterocycles. The Morgan fingerprint density at radius 1 is 1.08 bits per heavy atom. The van der Waals surface area contributed by atoms with E-state index in [-0.39, 0.29) is 18.4 Å². The zero-order valence-electron chi connectivity index (χ0n) is 14.6. The van der Waals surface area contributed by atoms with E-state index in [4.69, 9.17) is 27.9 Å². The van der Waals surface area contributed by atoms with Crippen LogP contribution in [0.3, 0.4) is 0 Å².